The van der Waals surface area contributed by atoms with Gasteiger partial charge in [-0.15, -0.1) is 22.7 Å². The van der Waals surface area contributed by atoms with Crippen molar-refractivity contribution in [1.82, 2.24) is 25.3 Å². The van der Waals surface area contributed by atoms with Gasteiger partial charge in [0.05, 0.1) is 48.1 Å². The number of nitro benzene ring substituents is 4. The molecule has 108 heavy (non-hydrogen) atoms. The van der Waals surface area contributed by atoms with E-state index in [1.165, 1.54) is 74.7 Å². The van der Waals surface area contributed by atoms with Crippen molar-refractivity contribution in [2.75, 3.05) is 72.4 Å². The van der Waals surface area contributed by atoms with Gasteiger partial charge in [0.15, 0.2) is 0 Å². The molecule has 0 aliphatic carbocycles. The Morgan fingerprint density at radius 3 is 1.25 bits per heavy atom. The fourth-order valence-corrected chi connectivity index (χ4v) is 11.7. The maximum atomic E-state index is 12.8. The van der Waals surface area contributed by atoms with Crippen molar-refractivity contribution in [3.05, 3.63) is 212 Å². The Morgan fingerprint density at radius 2 is 0.889 bits per heavy atom. The number of aromatic nitrogens is 4. The van der Waals surface area contributed by atoms with E-state index in [1.807, 2.05) is 44.8 Å². The van der Waals surface area contributed by atoms with Crippen LogP contribution >= 0.6 is 34.3 Å². The van der Waals surface area contributed by atoms with Crippen LogP contribution < -0.4 is 156 Å². The number of hydrogen-bond donors (Lipinski definition) is 6. The third-order valence-corrected chi connectivity index (χ3v) is 16.9. The molecule has 4 aromatic heterocycles. The van der Waals surface area contributed by atoms with Crippen LogP contribution in [0, 0.1) is 63.4 Å². The van der Waals surface area contributed by atoms with Gasteiger partial charge in [-0.05, 0) is 154 Å². The van der Waals surface area contributed by atoms with Crippen LogP contribution in [0.3, 0.4) is 0 Å². The first-order valence-corrected chi connectivity index (χ1v) is 32.7. The Morgan fingerprint density at radius 1 is 0.537 bits per heavy atom. The van der Waals surface area contributed by atoms with Gasteiger partial charge in [-0.1, -0.05) is 41.3 Å². The number of nitrogens with zero attached hydrogens (tertiary/aromatic N) is 12. The number of rotatable bonds is 14. The molecule has 0 radical (unpaired) electrons. The third kappa shape index (κ3) is 30.0. The van der Waals surface area contributed by atoms with Crippen LogP contribution in [-0.2, 0) is 9.68 Å². The van der Waals surface area contributed by atoms with Crippen LogP contribution in [0.2, 0.25) is 5.15 Å². The van der Waals surface area contributed by atoms with E-state index >= 15 is 0 Å². The van der Waals surface area contributed by atoms with Crippen molar-refractivity contribution in [1.29, 1.82) is 5.26 Å². The summed E-state index contributed by atoms with van der Waals surface area (Å²) < 4.78 is 25.5. The fraction of sp³-hybridized carbons (Fsp3) is 0.294. The van der Waals surface area contributed by atoms with Gasteiger partial charge >= 0.3 is 114 Å². The molecule has 33 nitrogen and oxygen atoms in total. The molecule has 568 valence electrons. The summed E-state index contributed by atoms with van der Waals surface area (Å²) in [5.74, 6) is -3.66. The van der Waals surface area contributed by atoms with E-state index in [9.17, 15) is 68.4 Å². The van der Waals surface area contributed by atoms with Gasteiger partial charge in [-0.3, -0.25) is 64.4 Å². The first-order valence-electron chi connectivity index (χ1n) is 30.5. The second-order valence-electron chi connectivity index (χ2n) is 21.6. The first-order chi connectivity index (χ1) is 48.9. The second kappa shape index (κ2) is 50.7. The van der Waals surface area contributed by atoms with Crippen LogP contribution in [0.15, 0.2) is 127 Å². The Balaban J connectivity index is 0. The van der Waals surface area contributed by atoms with E-state index in [4.69, 9.17) is 49.8 Å². The normalized spacial score (nSPS) is 12.3. The van der Waals surface area contributed by atoms with Gasteiger partial charge < -0.3 is 59.8 Å². The quantitative estimate of drug-likeness (QED) is 0.0182. The predicted octanol–water partition coefficient (Wildman–Crippen LogP) is 5.97. The number of carbonyl (C=O) groups excluding carboxylic acids is 5. The smallest absolute Gasteiger partial charge is 1.00 e. The molecule has 4 saturated heterocycles. The fourth-order valence-electron chi connectivity index (χ4n) is 10.0. The number of nitrogens with one attached hydrogen (secondary N) is 2. The number of nitro groups is 4. The summed E-state index contributed by atoms with van der Waals surface area (Å²) in [6, 6.07) is 25.3. The number of carbonyl (C=O) groups is 5. The molecule has 4 fully saturated rings. The van der Waals surface area contributed by atoms with E-state index in [2.05, 4.69) is 40.4 Å². The summed E-state index contributed by atoms with van der Waals surface area (Å²) in [5, 5.41) is 71.9. The van der Waals surface area contributed by atoms with Crippen molar-refractivity contribution < 1.29 is 167 Å². The van der Waals surface area contributed by atoms with Crippen LogP contribution in [0.25, 0.3) is 20.4 Å². The van der Waals surface area contributed by atoms with Gasteiger partial charge in [0.2, 0.25) is 35.3 Å². The zero-order valence-corrected chi connectivity index (χ0v) is 64.4. The number of nitriles is 1. The molecule has 13 rings (SSSR count). The summed E-state index contributed by atoms with van der Waals surface area (Å²) in [6.45, 7) is 7.40. The number of thiophene rings is 2. The average Bonchev–Trinajstić information content (AvgIpc) is 1.74. The van der Waals surface area contributed by atoms with Gasteiger partial charge in [-0.25, -0.2) is 19.9 Å². The zero-order valence-electron chi connectivity index (χ0n) is 56.8. The Labute approximate surface area is 719 Å². The monoisotopic (exact) mass is 1600 g/mol. The maximum Gasteiger partial charge on any atom is 1.00 e. The molecule has 40 heteroatoms. The van der Waals surface area contributed by atoms with Crippen molar-refractivity contribution in [2.45, 2.75) is 81.1 Å². The molecule has 4 amide bonds. The van der Waals surface area contributed by atoms with Crippen LogP contribution in [0.5, 0.6) is 0 Å². The standard InChI is InChI=1S/C17H17N5OS.2C11H13N3O3.C7H5FN2O3.C7H3FN2O2.C6H3ClN2S.C4H9N.CH2O3.4CH4.2K.H/c18-15(23)11-3-4-13(14(9-11)22-6-1-2-7-22)21-16-12-5-8-24-17(12)20-10-19-16;2*12-11(15)8-3-4-9(14(16)17)10(7-8)13-5-1-2-6-13;8-5-3-4(7(9)11)1-2-6(5)10(12)13;8-6-3-5(4-9)1-2-7(6)10(11)12;7-5-4-1-2-10-6(4)9-3-8-5;1-2-4-5-3-1;2-1-4-3;;;;;;;/h3-5,8-10H,1-2,6-7H2,(H2,18,23)(H,19,20,21);2*3-4,7H,1-2,5-6H2,(H2,12,15);1-3H,(H2,9,11);1-3H;1-3H;5H,1-4H2;1,3H;4*1H4;;;/q;;;;;;;;;;;;2*+1;-1/p-1. The van der Waals surface area contributed by atoms with E-state index in [0.29, 0.717) is 33.2 Å². The molecule has 0 spiro atoms. The summed E-state index contributed by atoms with van der Waals surface area (Å²) in [4.78, 5) is 120. The van der Waals surface area contributed by atoms with Crippen molar-refractivity contribution in [2.24, 2.45) is 22.9 Å². The molecule has 4 aliphatic heterocycles. The minimum absolute atomic E-state index is 0. The summed E-state index contributed by atoms with van der Waals surface area (Å²) in [6.07, 6.45) is 12.2. The zero-order chi connectivity index (χ0) is 74.4. The van der Waals surface area contributed by atoms with Crippen LogP contribution in [0.1, 0.15) is 129 Å². The number of benzene rings is 5. The van der Waals surface area contributed by atoms with Crippen LogP contribution in [-0.4, -0.2) is 122 Å². The van der Waals surface area contributed by atoms with Crippen molar-refractivity contribution in [3.63, 3.8) is 0 Å². The van der Waals surface area contributed by atoms with E-state index in [0.717, 1.165) is 146 Å². The molecule has 9 aromatic rings. The predicted molar refractivity (Wildman–Crippen MR) is 402 cm³/mol. The molecule has 0 saturated carbocycles. The number of fused-ring (bicyclic) bond motifs is 2. The van der Waals surface area contributed by atoms with E-state index < -0.39 is 66.3 Å². The Hall–Kier alpha value is -8.84. The molecule has 10 N–H and O–H groups in total. The number of anilines is 5. The molecule has 0 bridgehead atoms. The molecule has 0 atom stereocenters. The molecular weight excluding hydrogens is 1520 g/mol. The third-order valence-electron chi connectivity index (χ3n) is 15.0. The number of amides is 4. The van der Waals surface area contributed by atoms with Gasteiger partial charge in [0.25, 0.3) is 17.8 Å². The second-order valence-corrected chi connectivity index (χ2v) is 23.7. The van der Waals surface area contributed by atoms with E-state index in [-0.39, 0.29) is 163 Å². The summed E-state index contributed by atoms with van der Waals surface area (Å²) >= 11 is 8.91. The van der Waals surface area contributed by atoms with Crippen LogP contribution in [0.4, 0.5) is 60.1 Å². The number of halogens is 3. The Kier molecular flexibility index (Phi) is 46.6. The maximum absolute atomic E-state index is 12.8. The number of primary amides is 4. The topological polar surface area (TPSA) is 503 Å². The minimum Gasteiger partial charge on any atom is -1.00 e. The minimum atomic E-state index is -1.07. The molecular formula is C68H81ClF2K2N18O15S2. The summed E-state index contributed by atoms with van der Waals surface area (Å²) in [7, 11) is 0. The van der Waals surface area contributed by atoms with Gasteiger partial charge in [0, 0.05) is 91.2 Å². The first kappa shape index (κ1) is 99.2. The van der Waals surface area contributed by atoms with Crippen molar-refractivity contribution >= 4 is 136 Å². The molecule has 0 unspecified atom stereocenters. The van der Waals surface area contributed by atoms with E-state index in [1.54, 1.807) is 41.1 Å². The average molecular weight is 1610 g/mol. The SMILES string of the molecule is C.C.C.C.C1CCNC1.Clc1ncnc2sccc12.N#Cc1ccc([N+](=O)[O-])c(F)c1.NC(=O)c1ccc(Nc2ncnc3sccc23)c(N2CCCC2)c1.NC(=O)c1ccc([N+](=O)[O-])c(F)c1.NC(=O)c1ccc([N+](=O)[O-])c(N2CCCC2)c1.NC(=O)c1ccc([N+](=O)[O-])c(N2CCCC2)c1.O=CO[O-].[H-].[K+].[K+]. The largest absolute Gasteiger partial charge is 1.00 e. The number of hydrogen-bond acceptors (Lipinski definition) is 27. The van der Waals surface area contributed by atoms with Crippen molar-refractivity contribution in [3.8, 4) is 6.07 Å². The Bertz CT molecular complexity index is 4440. The molecule has 4 aliphatic rings. The molecule has 8 heterocycles. The van der Waals surface area contributed by atoms with Gasteiger partial charge in [0.1, 0.15) is 44.7 Å². The van der Waals surface area contributed by atoms with Gasteiger partial charge in [-0.2, -0.15) is 14.0 Å². The summed E-state index contributed by atoms with van der Waals surface area (Å²) in [5.41, 5.74) is 23.4. The molecule has 5 aromatic carbocycles. The number of nitrogens with two attached hydrogens (primary N) is 4.